The van der Waals surface area contributed by atoms with Gasteiger partial charge in [0, 0.05) is 37.4 Å². The molecule has 2 aromatic carbocycles. The fourth-order valence-corrected chi connectivity index (χ4v) is 6.88. The summed E-state index contributed by atoms with van der Waals surface area (Å²) in [6.07, 6.45) is 2.68. The summed E-state index contributed by atoms with van der Waals surface area (Å²) in [7, 11) is -7.25. The van der Waals surface area contributed by atoms with E-state index in [4.69, 9.17) is 0 Å². The molecule has 8 nitrogen and oxygen atoms in total. The minimum atomic E-state index is -3.66. The van der Waals surface area contributed by atoms with E-state index >= 15 is 0 Å². The summed E-state index contributed by atoms with van der Waals surface area (Å²) in [5.74, 6) is -0.456. The molecule has 0 bridgehead atoms. The van der Waals surface area contributed by atoms with Gasteiger partial charge in [-0.1, -0.05) is 26.3 Å². The normalized spacial score (nSPS) is 15.5. The first-order valence-electron chi connectivity index (χ1n) is 11.1. The molecule has 0 unspecified atom stereocenters. The molecule has 0 atom stereocenters. The Kier molecular flexibility index (Phi) is 7.94. The predicted molar refractivity (Wildman–Crippen MR) is 128 cm³/mol. The van der Waals surface area contributed by atoms with Gasteiger partial charge in [-0.3, -0.25) is 4.79 Å². The molecule has 180 valence electrons. The van der Waals surface area contributed by atoms with E-state index in [9.17, 15) is 21.6 Å². The monoisotopic (exact) mass is 493 g/mol. The molecule has 0 aromatic heterocycles. The van der Waals surface area contributed by atoms with Crippen molar-refractivity contribution in [3.05, 3.63) is 53.6 Å². The van der Waals surface area contributed by atoms with Crippen LogP contribution in [0.1, 0.15) is 49.0 Å². The molecule has 1 aliphatic rings. The maximum Gasteiger partial charge on any atom is 0.255 e. The quantitative estimate of drug-likeness (QED) is 0.607. The number of carbonyl (C=O) groups excluding carboxylic acids is 1. The van der Waals surface area contributed by atoms with Crippen LogP contribution in [0.5, 0.6) is 0 Å². The van der Waals surface area contributed by atoms with Crippen molar-refractivity contribution in [3.63, 3.8) is 0 Å². The van der Waals surface area contributed by atoms with Crippen molar-refractivity contribution < 1.29 is 21.6 Å². The highest BCUT2D eigenvalue weighted by atomic mass is 32.2. The van der Waals surface area contributed by atoms with Gasteiger partial charge >= 0.3 is 0 Å². The van der Waals surface area contributed by atoms with E-state index in [1.807, 2.05) is 0 Å². The lowest BCUT2D eigenvalue weighted by molar-refractivity contribution is 0.102. The van der Waals surface area contributed by atoms with E-state index in [1.54, 1.807) is 26.8 Å². The summed E-state index contributed by atoms with van der Waals surface area (Å²) in [5.41, 5.74) is 1.32. The molecule has 2 aromatic rings. The number of hydrogen-bond donors (Lipinski definition) is 1. The zero-order chi connectivity index (χ0) is 24.2. The summed E-state index contributed by atoms with van der Waals surface area (Å²) < 4.78 is 54.1. The molecule has 1 aliphatic heterocycles. The van der Waals surface area contributed by atoms with E-state index in [-0.39, 0.29) is 15.4 Å². The van der Waals surface area contributed by atoms with Gasteiger partial charge in [-0.05, 0) is 61.7 Å². The Morgan fingerprint density at radius 3 is 2.06 bits per heavy atom. The molecule has 1 heterocycles. The van der Waals surface area contributed by atoms with Crippen molar-refractivity contribution in [2.45, 2.75) is 49.8 Å². The van der Waals surface area contributed by atoms with Gasteiger partial charge in [0.2, 0.25) is 20.0 Å². The number of sulfonamides is 2. The zero-order valence-corrected chi connectivity index (χ0v) is 20.9. The molecule has 0 saturated carbocycles. The van der Waals surface area contributed by atoms with Crippen molar-refractivity contribution in [1.29, 1.82) is 0 Å². The summed E-state index contributed by atoms with van der Waals surface area (Å²) >= 11 is 0. The maximum absolute atomic E-state index is 13.0. The molecule has 1 N–H and O–H groups in total. The van der Waals surface area contributed by atoms with E-state index in [2.05, 4.69) is 5.32 Å². The third kappa shape index (κ3) is 5.46. The highest BCUT2D eigenvalue weighted by Crippen LogP contribution is 2.24. The Balaban J connectivity index is 1.81. The number of benzene rings is 2. The molecule has 0 aliphatic carbocycles. The lowest BCUT2D eigenvalue weighted by Gasteiger charge is -2.26. The van der Waals surface area contributed by atoms with E-state index in [1.165, 1.54) is 45.0 Å². The molecule has 33 heavy (non-hydrogen) atoms. The smallest absolute Gasteiger partial charge is 0.255 e. The topological polar surface area (TPSA) is 104 Å². The first-order valence-corrected chi connectivity index (χ1v) is 14.0. The Labute approximate surface area is 196 Å². The molecule has 1 fully saturated rings. The van der Waals surface area contributed by atoms with Crippen molar-refractivity contribution in [2.75, 3.05) is 31.5 Å². The number of rotatable bonds is 8. The fraction of sp³-hybridized carbons (Fsp3) is 0.435. The minimum absolute atomic E-state index is 0.0980. The van der Waals surface area contributed by atoms with Gasteiger partial charge in [-0.25, -0.2) is 16.8 Å². The maximum atomic E-state index is 13.0. The summed E-state index contributed by atoms with van der Waals surface area (Å²) in [4.78, 5) is 13.2. The van der Waals surface area contributed by atoms with Crippen LogP contribution >= 0.6 is 0 Å². The number of amides is 1. The lowest BCUT2D eigenvalue weighted by atomic mass is 10.1. The number of anilines is 1. The Morgan fingerprint density at radius 1 is 0.909 bits per heavy atom. The van der Waals surface area contributed by atoms with Gasteiger partial charge in [-0.15, -0.1) is 0 Å². The number of nitrogens with zero attached hydrogens (tertiary/aromatic N) is 2. The van der Waals surface area contributed by atoms with Crippen LogP contribution < -0.4 is 5.32 Å². The molecule has 0 radical (unpaired) electrons. The molecule has 0 spiro atoms. The second kappa shape index (κ2) is 10.3. The number of nitrogens with one attached hydrogen (secondary N) is 1. The van der Waals surface area contributed by atoms with Crippen molar-refractivity contribution in [3.8, 4) is 0 Å². The predicted octanol–water partition coefficient (Wildman–Crippen LogP) is 3.45. The lowest BCUT2D eigenvalue weighted by Crippen LogP contribution is -2.35. The average Bonchev–Trinajstić information content (AvgIpc) is 2.80. The van der Waals surface area contributed by atoms with Crippen LogP contribution in [0.15, 0.2) is 52.3 Å². The van der Waals surface area contributed by atoms with E-state index in [0.717, 1.165) is 19.3 Å². The molecule has 10 heteroatoms. The van der Waals surface area contributed by atoms with Gasteiger partial charge in [0.05, 0.1) is 9.79 Å². The molecule has 1 amide bonds. The molecule has 3 rings (SSSR count). The minimum Gasteiger partial charge on any atom is -0.322 e. The first-order chi connectivity index (χ1) is 15.6. The number of piperidine rings is 1. The van der Waals surface area contributed by atoms with Crippen LogP contribution in [0.4, 0.5) is 5.69 Å². The highest BCUT2D eigenvalue weighted by molar-refractivity contribution is 7.89. The van der Waals surface area contributed by atoms with Gasteiger partial charge in [0.15, 0.2) is 0 Å². The van der Waals surface area contributed by atoms with Gasteiger partial charge in [0.1, 0.15) is 0 Å². The van der Waals surface area contributed by atoms with Crippen LogP contribution in [0, 0.1) is 6.92 Å². The summed E-state index contributed by atoms with van der Waals surface area (Å²) in [5, 5.41) is 2.74. The third-order valence-electron chi connectivity index (χ3n) is 5.86. The molecular weight excluding hydrogens is 462 g/mol. The van der Waals surface area contributed by atoms with E-state index in [0.29, 0.717) is 37.4 Å². The average molecular weight is 494 g/mol. The largest absolute Gasteiger partial charge is 0.322 e. The first kappa shape index (κ1) is 25.4. The second-order valence-corrected chi connectivity index (χ2v) is 11.9. The van der Waals surface area contributed by atoms with Gasteiger partial charge in [-0.2, -0.15) is 8.61 Å². The van der Waals surface area contributed by atoms with E-state index < -0.39 is 26.0 Å². The number of carbonyl (C=O) groups is 1. The van der Waals surface area contributed by atoms with Crippen LogP contribution in [0.2, 0.25) is 0 Å². The Bertz CT molecular complexity index is 1200. The van der Waals surface area contributed by atoms with Crippen LogP contribution in [-0.4, -0.2) is 57.5 Å². The van der Waals surface area contributed by atoms with Crippen LogP contribution in [-0.2, 0) is 20.0 Å². The van der Waals surface area contributed by atoms with Crippen molar-refractivity contribution in [1.82, 2.24) is 8.61 Å². The van der Waals surface area contributed by atoms with Crippen molar-refractivity contribution >= 4 is 31.6 Å². The second-order valence-electron chi connectivity index (χ2n) is 8.01. The number of aryl methyl sites for hydroxylation is 1. The summed E-state index contributed by atoms with van der Waals surface area (Å²) in [6, 6.07) is 10.5. The third-order valence-corrected chi connectivity index (χ3v) is 9.82. The van der Waals surface area contributed by atoms with Gasteiger partial charge < -0.3 is 5.32 Å². The fourth-order valence-electron chi connectivity index (χ4n) is 3.88. The van der Waals surface area contributed by atoms with Crippen LogP contribution in [0.25, 0.3) is 0 Å². The Morgan fingerprint density at radius 2 is 1.48 bits per heavy atom. The zero-order valence-electron chi connectivity index (χ0n) is 19.2. The Hall–Kier alpha value is -2.27. The van der Waals surface area contributed by atoms with Crippen LogP contribution in [0.3, 0.4) is 0 Å². The SMILES string of the molecule is CCN(CC)S(=O)(=O)c1ccc(NC(=O)c2cc(S(=O)(=O)N3CCCCC3)ccc2C)cc1. The summed E-state index contributed by atoms with van der Waals surface area (Å²) in [6.45, 7) is 7.00. The molecular formula is C23H31N3O5S2. The highest BCUT2D eigenvalue weighted by Gasteiger charge is 2.27. The van der Waals surface area contributed by atoms with Crippen molar-refractivity contribution in [2.24, 2.45) is 0 Å². The van der Waals surface area contributed by atoms with Gasteiger partial charge in [0.25, 0.3) is 5.91 Å². The number of hydrogen-bond acceptors (Lipinski definition) is 5. The molecule has 1 saturated heterocycles. The standard InChI is InChI=1S/C23H31N3O5S2/c1-4-25(5-2)32(28,29)20-13-10-19(11-14-20)24-23(27)22-17-21(12-9-18(22)3)33(30,31)26-15-7-6-8-16-26/h9-14,17H,4-8,15-16H2,1-3H3,(H,24,27).